The molecular weight excluding hydrogens is 399 g/mol. The molecule has 0 spiro atoms. The van der Waals surface area contributed by atoms with E-state index in [1.165, 1.54) is 11.3 Å². The molecule has 0 saturated carbocycles. The number of halogens is 2. The van der Waals surface area contributed by atoms with Crippen molar-refractivity contribution in [3.8, 4) is 0 Å². The molecule has 0 aliphatic heterocycles. The van der Waals surface area contributed by atoms with Crippen molar-refractivity contribution in [3.05, 3.63) is 69.0 Å². The van der Waals surface area contributed by atoms with E-state index < -0.39 is 0 Å². The van der Waals surface area contributed by atoms with Crippen LogP contribution >= 0.6 is 34.5 Å². The van der Waals surface area contributed by atoms with Crippen LogP contribution in [0.4, 0.5) is 0 Å². The highest BCUT2D eigenvalue weighted by molar-refractivity contribution is 7.21. The maximum atomic E-state index is 12.8. The summed E-state index contributed by atoms with van der Waals surface area (Å²) in [6, 6.07) is 15.6. The number of nitrogens with zero attached hydrogens (tertiary/aromatic N) is 1. The van der Waals surface area contributed by atoms with Crippen LogP contribution in [0.3, 0.4) is 0 Å². The summed E-state index contributed by atoms with van der Waals surface area (Å²) in [6.07, 6.45) is 0. The Morgan fingerprint density at radius 3 is 2.41 bits per heavy atom. The quantitative estimate of drug-likeness (QED) is 0.506. The Morgan fingerprint density at radius 1 is 1.07 bits per heavy atom. The van der Waals surface area contributed by atoms with E-state index in [0.717, 1.165) is 28.7 Å². The molecule has 1 heterocycles. The highest BCUT2D eigenvalue weighted by Crippen LogP contribution is 2.35. The van der Waals surface area contributed by atoms with Crippen molar-refractivity contribution in [2.75, 3.05) is 19.6 Å². The minimum Gasteiger partial charge on any atom is -0.349 e. The first-order valence-corrected chi connectivity index (χ1v) is 10.6. The van der Waals surface area contributed by atoms with E-state index in [0.29, 0.717) is 21.5 Å². The van der Waals surface area contributed by atoms with Crippen molar-refractivity contribution in [1.29, 1.82) is 0 Å². The summed E-state index contributed by atoms with van der Waals surface area (Å²) in [5.74, 6) is -0.148. The standard InChI is InChI=1S/C21H22Cl2N2OS/c1-3-25(4-2)17(14-9-5-7-11-16(14)22)13-24-21(26)20-19(23)15-10-6-8-12-18(15)27-20/h5-12,17H,3-4,13H2,1-2H3,(H,24,26). The fourth-order valence-corrected chi connectivity index (χ4v) is 4.97. The van der Waals surface area contributed by atoms with E-state index in [1.807, 2.05) is 48.5 Å². The Balaban J connectivity index is 1.83. The summed E-state index contributed by atoms with van der Waals surface area (Å²) in [6.45, 7) is 6.42. The molecule has 3 rings (SSSR count). The van der Waals surface area contributed by atoms with Gasteiger partial charge in [-0.2, -0.15) is 0 Å². The van der Waals surface area contributed by atoms with Crippen molar-refractivity contribution in [1.82, 2.24) is 10.2 Å². The van der Waals surface area contributed by atoms with Gasteiger partial charge < -0.3 is 5.32 Å². The SMILES string of the molecule is CCN(CC)C(CNC(=O)c1sc2ccccc2c1Cl)c1ccccc1Cl. The van der Waals surface area contributed by atoms with Crippen LogP contribution in [0.2, 0.25) is 10.0 Å². The summed E-state index contributed by atoms with van der Waals surface area (Å²) in [5.41, 5.74) is 1.02. The lowest BCUT2D eigenvalue weighted by atomic mass is 10.0. The molecular formula is C21H22Cl2N2OS. The maximum Gasteiger partial charge on any atom is 0.262 e. The van der Waals surface area contributed by atoms with Crippen LogP contribution in [0.15, 0.2) is 48.5 Å². The van der Waals surface area contributed by atoms with Crippen molar-refractivity contribution in [2.45, 2.75) is 19.9 Å². The average molecular weight is 421 g/mol. The van der Waals surface area contributed by atoms with E-state index in [1.54, 1.807) is 0 Å². The van der Waals surface area contributed by atoms with Gasteiger partial charge in [-0.15, -0.1) is 11.3 Å². The Bertz CT molecular complexity index is 937. The second kappa shape index (κ2) is 9.07. The van der Waals surface area contributed by atoms with Crippen LogP contribution in [0, 0.1) is 0 Å². The van der Waals surface area contributed by atoms with Crippen LogP contribution in [0.5, 0.6) is 0 Å². The van der Waals surface area contributed by atoms with Crippen molar-refractivity contribution < 1.29 is 4.79 Å². The van der Waals surface area contributed by atoms with Gasteiger partial charge in [0.2, 0.25) is 0 Å². The number of hydrogen-bond acceptors (Lipinski definition) is 3. The van der Waals surface area contributed by atoms with Crippen LogP contribution in [-0.4, -0.2) is 30.4 Å². The van der Waals surface area contributed by atoms with E-state index >= 15 is 0 Å². The van der Waals surface area contributed by atoms with Gasteiger partial charge in [-0.1, -0.05) is 73.4 Å². The molecule has 27 heavy (non-hydrogen) atoms. The smallest absolute Gasteiger partial charge is 0.262 e. The summed E-state index contributed by atoms with van der Waals surface area (Å²) < 4.78 is 1.01. The number of carbonyl (C=O) groups is 1. The number of carbonyl (C=O) groups excluding carboxylic acids is 1. The maximum absolute atomic E-state index is 12.8. The fourth-order valence-electron chi connectivity index (χ4n) is 3.28. The van der Waals surface area contributed by atoms with Crippen molar-refractivity contribution >= 4 is 50.5 Å². The molecule has 3 nitrogen and oxygen atoms in total. The number of nitrogens with one attached hydrogen (secondary N) is 1. The molecule has 1 atom stereocenters. The van der Waals surface area contributed by atoms with Crippen LogP contribution in [0.1, 0.15) is 35.1 Å². The predicted molar refractivity (Wildman–Crippen MR) is 116 cm³/mol. The molecule has 0 saturated heterocycles. The van der Waals surface area contributed by atoms with Gasteiger partial charge in [-0.05, 0) is 30.8 Å². The van der Waals surface area contributed by atoms with Gasteiger partial charge in [0.25, 0.3) is 5.91 Å². The molecule has 6 heteroatoms. The lowest BCUT2D eigenvalue weighted by Crippen LogP contribution is -2.38. The molecule has 1 aromatic heterocycles. The minimum absolute atomic E-state index is 0.00537. The zero-order chi connectivity index (χ0) is 19.4. The number of benzene rings is 2. The third-order valence-electron chi connectivity index (χ3n) is 4.71. The Morgan fingerprint density at radius 2 is 1.74 bits per heavy atom. The monoisotopic (exact) mass is 420 g/mol. The number of rotatable bonds is 7. The zero-order valence-electron chi connectivity index (χ0n) is 15.3. The van der Waals surface area contributed by atoms with Crippen molar-refractivity contribution in [2.24, 2.45) is 0 Å². The van der Waals surface area contributed by atoms with Gasteiger partial charge in [-0.3, -0.25) is 9.69 Å². The molecule has 0 radical (unpaired) electrons. The van der Waals surface area contributed by atoms with E-state index in [4.69, 9.17) is 23.2 Å². The predicted octanol–water partition coefficient (Wildman–Crippen LogP) is 6.02. The van der Waals surface area contributed by atoms with Gasteiger partial charge >= 0.3 is 0 Å². The molecule has 0 aliphatic carbocycles. The number of fused-ring (bicyclic) bond motifs is 1. The third kappa shape index (κ3) is 4.30. The summed E-state index contributed by atoms with van der Waals surface area (Å²) in [7, 11) is 0. The third-order valence-corrected chi connectivity index (χ3v) is 6.73. The molecule has 0 fully saturated rings. The second-order valence-corrected chi connectivity index (χ2v) is 8.05. The van der Waals surface area contributed by atoms with Crippen molar-refractivity contribution in [3.63, 3.8) is 0 Å². The van der Waals surface area contributed by atoms with Crippen LogP contribution in [-0.2, 0) is 0 Å². The number of hydrogen-bond donors (Lipinski definition) is 1. The molecule has 0 bridgehead atoms. The van der Waals surface area contributed by atoms with Crippen LogP contribution < -0.4 is 5.32 Å². The molecule has 1 amide bonds. The summed E-state index contributed by atoms with van der Waals surface area (Å²) in [4.78, 5) is 15.7. The van der Waals surface area contributed by atoms with Gasteiger partial charge in [0.15, 0.2) is 0 Å². The Kier molecular flexibility index (Phi) is 6.77. The first-order chi connectivity index (χ1) is 13.1. The van der Waals surface area contributed by atoms with Gasteiger partial charge in [-0.25, -0.2) is 0 Å². The molecule has 1 unspecified atom stereocenters. The molecule has 1 N–H and O–H groups in total. The summed E-state index contributed by atoms with van der Waals surface area (Å²) >= 11 is 14.3. The van der Waals surface area contributed by atoms with E-state index in [-0.39, 0.29) is 11.9 Å². The van der Waals surface area contributed by atoms with Crippen LogP contribution in [0.25, 0.3) is 10.1 Å². The minimum atomic E-state index is -0.148. The van der Waals surface area contributed by atoms with E-state index in [9.17, 15) is 4.79 Å². The van der Waals surface area contributed by atoms with Gasteiger partial charge in [0, 0.05) is 21.7 Å². The first kappa shape index (κ1) is 20.2. The number of thiophene rings is 1. The van der Waals surface area contributed by atoms with Gasteiger partial charge in [0.1, 0.15) is 4.88 Å². The molecule has 0 aliphatic rings. The van der Waals surface area contributed by atoms with Gasteiger partial charge in [0.05, 0.1) is 11.1 Å². The fraction of sp³-hybridized carbons (Fsp3) is 0.286. The Hall–Kier alpha value is -1.59. The normalized spacial score (nSPS) is 12.5. The highest BCUT2D eigenvalue weighted by Gasteiger charge is 2.23. The molecule has 2 aromatic carbocycles. The molecule has 142 valence electrons. The second-order valence-electron chi connectivity index (χ2n) is 6.21. The number of amides is 1. The largest absolute Gasteiger partial charge is 0.349 e. The lowest BCUT2D eigenvalue weighted by Gasteiger charge is -2.30. The van der Waals surface area contributed by atoms with E-state index in [2.05, 4.69) is 24.1 Å². The Labute approximate surface area is 173 Å². The topological polar surface area (TPSA) is 32.3 Å². The summed E-state index contributed by atoms with van der Waals surface area (Å²) in [5, 5.41) is 5.21. The molecule has 3 aromatic rings. The number of likely N-dealkylation sites (N-methyl/N-ethyl adjacent to an activating group) is 1. The zero-order valence-corrected chi connectivity index (χ0v) is 17.7. The average Bonchev–Trinajstić information content (AvgIpc) is 3.03. The lowest BCUT2D eigenvalue weighted by molar-refractivity contribution is 0.0939. The highest BCUT2D eigenvalue weighted by atomic mass is 35.5. The first-order valence-electron chi connectivity index (χ1n) is 9.00.